The van der Waals surface area contributed by atoms with E-state index in [1.807, 2.05) is 54.0 Å². The number of esters is 1. The molecule has 0 bridgehead atoms. The van der Waals surface area contributed by atoms with Gasteiger partial charge in [-0.2, -0.15) is 0 Å². The van der Waals surface area contributed by atoms with Crippen LogP contribution in [0.4, 0.5) is 0 Å². The van der Waals surface area contributed by atoms with Gasteiger partial charge in [-0.3, -0.25) is 4.79 Å². The van der Waals surface area contributed by atoms with Gasteiger partial charge in [0.05, 0.1) is 17.7 Å². The van der Waals surface area contributed by atoms with Gasteiger partial charge >= 0.3 is 5.97 Å². The van der Waals surface area contributed by atoms with Crippen molar-refractivity contribution in [1.82, 2.24) is 4.57 Å². The Balaban J connectivity index is 1.75. The van der Waals surface area contributed by atoms with E-state index < -0.39 is 5.97 Å². The van der Waals surface area contributed by atoms with Gasteiger partial charge in [-0.25, -0.2) is 4.79 Å². The summed E-state index contributed by atoms with van der Waals surface area (Å²) in [5.74, 6) is -0.0344. The summed E-state index contributed by atoms with van der Waals surface area (Å²) in [6, 6.07) is 21.8. The van der Waals surface area contributed by atoms with Gasteiger partial charge in [-0.15, -0.1) is 0 Å². The van der Waals surface area contributed by atoms with E-state index in [1.54, 1.807) is 37.3 Å². The fraction of sp³-hybridized carbons (Fsp3) is 0.154. The summed E-state index contributed by atoms with van der Waals surface area (Å²) < 4.78 is 13.0. The van der Waals surface area contributed by atoms with Crippen molar-refractivity contribution < 1.29 is 19.1 Å². The molecular formula is C26H22ClNO4. The number of hydrogen-bond donors (Lipinski definition) is 0. The van der Waals surface area contributed by atoms with Crippen molar-refractivity contribution in [3.63, 3.8) is 0 Å². The maximum atomic E-state index is 12.8. The number of Topliss-reactive ketones (excluding diaryl/α,β-unsaturated/α-hetero) is 1. The highest BCUT2D eigenvalue weighted by molar-refractivity contribution is 6.30. The van der Waals surface area contributed by atoms with E-state index in [4.69, 9.17) is 21.1 Å². The summed E-state index contributed by atoms with van der Waals surface area (Å²) in [5.41, 5.74) is 3.43. The smallest absolute Gasteiger partial charge is 0.340 e. The first-order valence-corrected chi connectivity index (χ1v) is 10.7. The van der Waals surface area contributed by atoms with Crippen LogP contribution in [0.5, 0.6) is 5.75 Å². The minimum atomic E-state index is -0.409. The molecule has 0 aliphatic carbocycles. The van der Waals surface area contributed by atoms with E-state index in [1.165, 1.54) is 0 Å². The lowest BCUT2D eigenvalue weighted by atomic mass is 10.1. The number of ether oxygens (including phenoxy) is 2. The number of nitrogens with zero attached hydrogens (tertiary/aromatic N) is 1. The number of hydrogen-bond acceptors (Lipinski definition) is 4. The minimum absolute atomic E-state index is 0.0990. The zero-order chi connectivity index (χ0) is 22.7. The van der Waals surface area contributed by atoms with E-state index in [2.05, 4.69) is 0 Å². The molecule has 0 aliphatic rings. The first kappa shape index (κ1) is 21.7. The fourth-order valence-corrected chi connectivity index (χ4v) is 3.94. The van der Waals surface area contributed by atoms with Crippen LogP contribution in [0.1, 0.15) is 33.3 Å². The summed E-state index contributed by atoms with van der Waals surface area (Å²) in [5, 5.41) is 1.28. The highest BCUT2D eigenvalue weighted by atomic mass is 35.5. The van der Waals surface area contributed by atoms with Crippen molar-refractivity contribution in [2.75, 3.05) is 13.2 Å². The second-order valence-electron chi connectivity index (χ2n) is 7.25. The molecule has 0 saturated heterocycles. The Labute approximate surface area is 191 Å². The van der Waals surface area contributed by atoms with Crippen LogP contribution in [0, 0.1) is 6.92 Å². The van der Waals surface area contributed by atoms with Crippen LogP contribution >= 0.6 is 11.6 Å². The van der Waals surface area contributed by atoms with E-state index in [-0.39, 0.29) is 19.0 Å². The molecule has 32 heavy (non-hydrogen) atoms. The van der Waals surface area contributed by atoms with Gasteiger partial charge in [0, 0.05) is 27.4 Å². The molecule has 4 rings (SSSR count). The van der Waals surface area contributed by atoms with Gasteiger partial charge in [-0.1, -0.05) is 48.0 Å². The maximum Gasteiger partial charge on any atom is 0.340 e. The molecule has 4 aromatic rings. The standard InChI is InChI=1S/C26H22ClNO4/c1-3-31-26(30)25-17(2)28(20-11-7-10-19(27)14-20)23-13-12-21(15-22(23)25)32-16-24(29)18-8-5-4-6-9-18/h4-15H,3,16H2,1-2H3. The third-order valence-electron chi connectivity index (χ3n) is 5.19. The average Bonchev–Trinajstić information content (AvgIpc) is 3.09. The van der Waals surface area contributed by atoms with Crippen LogP contribution in [0.2, 0.25) is 5.02 Å². The van der Waals surface area contributed by atoms with Crippen LogP contribution in [-0.4, -0.2) is 29.5 Å². The molecule has 0 atom stereocenters. The van der Waals surface area contributed by atoms with Crippen LogP contribution in [0.25, 0.3) is 16.6 Å². The Hall–Kier alpha value is -3.57. The first-order valence-electron chi connectivity index (χ1n) is 10.3. The number of carbonyl (C=O) groups excluding carboxylic acids is 2. The van der Waals surface area contributed by atoms with Crippen molar-refractivity contribution in [2.24, 2.45) is 0 Å². The Bertz CT molecular complexity index is 1290. The van der Waals surface area contributed by atoms with Crippen LogP contribution in [-0.2, 0) is 4.74 Å². The quantitative estimate of drug-likeness (QED) is 0.256. The lowest BCUT2D eigenvalue weighted by Crippen LogP contribution is -2.11. The van der Waals surface area contributed by atoms with E-state index in [0.29, 0.717) is 27.3 Å². The predicted molar refractivity (Wildman–Crippen MR) is 125 cm³/mol. The Morgan fingerprint density at radius 1 is 0.969 bits per heavy atom. The van der Waals surface area contributed by atoms with Crippen molar-refractivity contribution in [3.8, 4) is 11.4 Å². The van der Waals surface area contributed by atoms with Crippen LogP contribution in [0.15, 0.2) is 72.8 Å². The molecule has 0 fully saturated rings. The Morgan fingerprint density at radius 2 is 1.75 bits per heavy atom. The van der Waals surface area contributed by atoms with E-state index in [0.717, 1.165) is 16.9 Å². The predicted octanol–water partition coefficient (Wildman–Crippen LogP) is 6.03. The molecule has 0 aliphatic heterocycles. The molecule has 5 nitrogen and oxygen atoms in total. The average molecular weight is 448 g/mol. The normalized spacial score (nSPS) is 10.8. The van der Waals surface area contributed by atoms with Gasteiger partial charge in [-0.05, 0) is 50.2 Å². The van der Waals surface area contributed by atoms with Gasteiger partial charge in [0.15, 0.2) is 12.4 Å². The van der Waals surface area contributed by atoms with Gasteiger partial charge in [0.1, 0.15) is 5.75 Å². The first-order chi connectivity index (χ1) is 15.5. The zero-order valence-electron chi connectivity index (χ0n) is 17.8. The van der Waals surface area contributed by atoms with Gasteiger partial charge < -0.3 is 14.0 Å². The summed E-state index contributed by atoms with van der Waals surface area (Å²) in [6.07, 6.45) is 0. The molecular weight excluding hydrogens is 426 g/mol. The molecule has 6 heteroatoms. The molecule has 0 radical (unpaired) electrons. The number of halogens is 1. The number of fused-ring (bicyclic) bond motifs is 1. The van der Waals surface area contributed by atoms with Crippen LogP contribution in [0.3, 0.4) is 0 Å². The largest absolute Gasteiger partial charge is 0.485 e. The van der Waals surface area contributed by atoms with Gasteiger partial charge in [0.2, 0.25) is 0 Å². The van der Waals surface area contributed by atoms with Crippen LogP contribution < -0.4 is 4.74 Å². The molecule has 0 spiro atoms. The summed E-state index contributed by atoms with van der Waals surface area (Å²) in [6.45, 7) is 3.81. The third kappa shape index (κ3) is 4.25. The monoisotopic (exact) mass is 447 g/mol. The summed E-state index contributed by atoms with van der Waals surface area (Å²) in [7, 11) is 0. The third-order valence-corrected chi connectivity index (χ3v) is 5.42. The fourth-order valence-electron chi connectivity index (χ4n) is 3.75. The highest BCUT2D eigenvalue weighted by Crippen LogP contribution is 2.33. The number of rotatable bonds is 7. The molecule has 1 heterocycles. The molecule has 0 N–H and O–H groups in total. The van der Waals surface area contributed by atoms with Gasteiger partial charge in [0.25, 0.3) is 0 Å². The van der Waals surface area contributed by atoms with Crippen molar-refractivity contribution in [3.05, 3.63) is 94.6 Å². The van der Waals surface area contributed by atoms with Crippen molar-refractivity contribution in [2.45, 2.75) is 13.8 Å². The maximum absolute atomic E-state index is 12.8. The number of aromatic nitrogens is 1. The van der Waals surface area contributed by atoms with E-state index >= 15 is 0 Å². The lowest BCUT2D eigenvalue weighted by molar-refractivity contribution is 0.0527. The van der Waals surface area contributed by atoms with E-state index in [9.17, 15) is 9.59 Å². The Morgan fingerprint density at radius 3 is 2.47 bits per heavy atom. The number of carbonyl (C=O) groups is 2. The molecule has 0 amide bonds. The molecule has 0 unspecified atom stereocenters. The second-order valence-corrected chi connectivity index (χ2v) is 7.69. The number of ketones is 1. The highest BCUT2D eigenvalue weighted by Gasteiger charge is 2.22. The molecule has 0 saturated carbocycles. The zero-order valence-corrected chi connectivity index (χ0v) is 18.6. The minimum Gasteiger partial charge on any atom is -0.485 e. The SMILES string of the molecule is CCOC(=O)c1c(C)n(-c2cccc(Cl)c2)c2ccc(OCC(=O)c3ccccc3)cc12. The van der Waals surface area contributed by atoms with Crippen molar-refractivity contribution >= 4 is 34.3 Å². The summed E-state index contributed by atoms with van der Waals surface area (Å²) in [4.78, 5) is 25.2. The molecule has 162 valence electrons. The lowest BCUT2D eigenvalue weighted by Gasteiger charge is -2.10. The number of benzene rings is 3. The summed E-state index contributed by atoms with van der Waals surface area (Å²) >= 11 is 6.21. The van der Waals surface area contributed by atoms with Crippen molar-refractivity contribution in [1.29, 1.82) is 0 Å². The molecule has 3 aromatic carbocycles. The second kappa shape index (κ2) is 9.28. The topological polar surface area (TPSA) is 57.5 Å². The molecule has 1 aromatic heterocycles. The Kier molecular flexibility index (Phi) is 6.28.